The van der Waals surface area contributed by atoms with Crippen molar-refractivity contribution in [2.45, 2.75) is 6.92 Å². The van der Waals surface area contributed by atoms with E-state index in [4.69, 9.17) is 16.1 Å². The zero-order valence-electron chi connectivity index (χ0n) is 6.86. The van der Waals surface area contributed by atoms with Gasteiger partial charge in [-0.1, -0.05) is 6.07 Å². The molecule has 0 saturated carbocycles. The van der Waals surface area contributed by atoms with Gasteiger partial charge in [-0.2, -0.15) is 4.98 Å². The van der Waals surface area contributed by atoms with Gasteiger partial charge < -0.3 is 4.52 Å². The van der Waals surface area contributed by atoms with E-state index in [1.807, 2.05) is 19.1 Å². The fourth-order valence-electron chi connectivity index (χ4n) is 1.01. The van der Waals surface area contributed by atoms with E-state index in [-0.39, 0.29) is 5.28 Å². The van der Waals surface area contributed by atoms with Crippen LogP contribution in [0.5, 0.6) is 0 Å². The molecule has 2 aromatic rings. The fourth-order valence-corrected chi connectivity index (χ4v) is 1.12. The van der Waals surface area contributed by atoms with Crippen molar-refractivity contribution in [3.63, 3.8) is 0 Å². The summed E-state index contributed by atoms with van der Waals surface area (Å²) in [5.41, 5.74) is 1.64. The van der Waals surface area contributed by atoms with Crippen LogP contribution in [0.2, 0.25) is 5.28 Å². The fraction of sp³-hybridized carbons (Fsp3) is 0.125. The van der Waals surface area contributed by atoms with Crippen LogP contribution in [0.25, 0.3) is 11.6 Å². The van der Waals surface area contributed by atoms with E-state index >= 15 is 0 Å². The second-order valence-electron chi connectivity index (χ2n) is 2.54. The van der Waals surface area contributed by atoms with Crippen molar-refractivity contribution >= 4 is 11.6 Å². The molecule has 0 spiro atoms. The third-order valence-corrected chi connectivity index (χ3v) is 1.77. The van der Waals surface area contributed by atoms with Crippen LogP contribution in [0, 0.1) is 6.92 Å². The molecule has 2 heterocycles. The minimum absolute atomic E-state index is 0.0973. The van der Waals surface area contributed by atoms with E-state index in [0.717, 1.165) is 5.56 Å². The number of rotatable bonds is 1. The predicted octanol–water partition coefficient (Wildman–Crippen LogP) is 2.09. The van der Waals surface area contributed by atoms with Crippen LogP contribution in [-0.2, 0) is 0 Å². The Morgan fingerprint density at radius 3 is 2.92 bits per heavy atom. The number of aryl methyl sites for hydroxylation is 1. The Hall–Kier alpha value is -1.42. The van der Waals surface area contributed by atoms with Crippen molar-refractivity contribution in [2.75, 3.05) is 0 Å². The molecule has 0 aromatic carbocycles. The third kappa shape index (κ3) is 1.53. The summed E-state index contributed by atoms with van der Waals surface area (Å²) in [6, 6.07) is 3.76. The molecule has 0 unspecified atom stereocenters. The average Bonchev–Trinajstić information content (AvgIpc) is 2.53. The molecule has 2 rings (SSSR count). The maximum Gasteiger partial charge on any atom is 0.277 e. The van der Waals surface area contributed by atoms with Crippen molar-refractivity contribution in [3.05, 3.63) is 29.2 Å². The molecule has 0 fully saturated rings. The first-order chi connectivity index (χ1) is 6.27. The Kier molecular flexibility index (Phi) is 1.98. The van der Waals surface area contributed by atoms with Gasteiger partial charge in [0.25, 0.3) is 11.2 Å². The molecule has 0 aliphatic rings. The number of pyridine rings is 1. The lowest BCUT2D eigenvalue weighted by Crippen LogP contribution is -1.86. The van der Waals surface area contributed by atoms with E-state index in [0.29, 0.717) is 11.6 Å². The van der Waals surface area contributed by atoms with E-state index in [1.54, 1.807) is 6.20 Å². The van der Waals surface area contributed by atoms with E-state index < -0.39 is 0 Å². The first-order valence-electron chi connectivity index (χ1n) is 3.68. The van der Waals surface area contributed by atoms with E-state index in [1.165, 1.54) is 0 Å². The van der Waals surface area contributed by atoms with Gasteiger partial charge >= 0.3 is 0 Å². The standard InChI is InChI=1S/C8H6ClN3O/c1-5-3-2-4-10-6(5)7-11-8(9)12-13-7/h2-4H,1H3. The van der Waals surface area contributed by atoms with Gasteiger partial charge in [-0.15, -0.1) is 0 Å². The lowest BCUT2D eigenvalue weighted by Gasteiger charge is -1.96. The van der Waals surface area contributed by atoms with Crippen LogP contribution in [0.3, 0.4) is 0 Å². The molecular weight excluding hydrogens is 190 g/mol. The first-order valence-corrected chi connectivity index (χ1v) is 4.06. The average molecular weight is 196 g/mol. The molecule has 0 saturated heterocycles. The van der Waals surface area contributed by atoms with Gasteiger partial charge in [-0.05, 0) is 35.3 Å². The maximum atomic E-state index is 5.52. The van der Waals surface area contributed by atoms with E-state index in [2.05, 4.69) is 15.1 Å². The van der Waals surface area contributed by atoms with Crippen LogP contribution in [0.15, 0.2) is 22.9 Å². The monoisotopic (exact) mass is 195 g/mol. The van der Waals surface area contributed by atoms with Crippen LogP contribution >= 0.6 is 11.6 Å². The van der Waals surface area contributed by atoms with Crippen molar-refractivity contribution < 1.29 is 4.52 Å². The summed E-state index contributed by atoms with van der Waals surface area (Å²) in [5.74, 6) is 0.350. The number of hydrogen-bond acceptors (Lipinski definition) is 4. The molecule has 13 heavy (non-hydrogen) atoms. The summed E-state index contributed by atoms with van der Waals surface area (Å²) >= 11 is 5.52. The van der Waals surface area contributed by atoms with Gasteiger partial charge in [0.2, 0.25) is 0 Å². The topological polar surface area (TPSA) is 51.8 Å². The second kappa shape index (κ2) is 3.14. The normalized spacial score (nSPS) is 10.3. The second-order valence-corrected chi connectivity index (χ2v) is 2.88. The minimum atomic E-state index is 0.0973. The Labute approximate surface area is 79.6 Å². The Morgan fingerprint density at radius 1 is 1.46 bits per heavy atom. The highest BCUT2D eigenvalue weighted by Crippen LogP contribution is 2.19. The molecule has 0 bridgehead atoms. The quantitative estimate of drug-likeness (QED) is 0.699. The Balaban J connectivity index is 2.52. The highest BCUT2D eigenvalue weighted by atomic mass is 35.5. The van der Waals surface area contributed by atoms with Gasteiger partial charge in [0.05, 0.1) is 0 Å². The summed E-state index contributed by atoms with van der Waals surface area (Å²) in [6.45, 7) is 1.92. The lowest BCUT2D eigenvalue weighted by molar-refractivity contribution is 0.429. The molecule has 0 amide bonds. The molecule has 0 radical (unpaired) electrons. The van der Waals surface area contributed by atoms with Crippen molar-refractivity contribution in [1.29, 1.82) is 0 Å². The highest BCUT2D eigenvalue weighted by molar-refractivity contribution is 6.28. The molecule has 0 aliphatic heterocycles. The SMILES string of the molecule is Cc1cccnc1-c1nc(Cl)no1. The summed E-state index contributed by atoms with van der Waals surface area (Å²) in [5, 5.41) is 3.57. The zero-order chi connectivity index (χ0) is 9.26. The molecule has 4 nitrogen and oxygen atoms in total. The molecule has 66 valence electrons. The van der Waals surface area contributed by atoms with Crippen molar-refractivity contribution in [3.8, 4) is 11.6 Å². The van der Waals surface area contributed by atoms with Crippen LogP contribution in [0.4, 0.5) is 0 Å². The van der Waals surface area contributed by atoms with Gasteiger partial charge in [-0.25, -0.2) is 0 Å². The van der Waals surface area contributed by atoms with Crippen molar-refractivity contribution in [2.24, 2.45) is 0 Å². The number of aromatic nitrogens is 3. The largest absolute Gasteiger partial charge is 0.331 e. The predicted molar refractivity (Wildman–Crippen MR) is 47.3 cm³/mol. The van der Waals surface area contributed by atoms with Crippen LogP contribution in [-0.4, -0.2) is 15.1 Å². The van der Waals surface area contributed by atoms with Gasteiger partial charge in [0.15, 0.2) is 0 Å². The number of nitrogens with zero attached hydrogens (tertiary/aromatic N) is 3. The summed E-state index contributed by atoms with van der Waals surface area (Å²) in [7, 11) is 0. The minimum Gasteiger partial charge on any atom is -0.331 e. The smallest absolute Gasteiger partial charge is 0.277 e. The third-order valence-electron chi connectivity index (χ3n) is 1.61. The maximum absolute atomic E-state index is 5.52. The highest BCUT2D eigenvalue weighted by Gasteiger charge is 2.10. The molecule has 0 aliphatic carbocycles. The number of hydrogen-bond donors (Lipinski definition) is 0. The van der Waals surface area contributed by atoms with Gasteiger partial charge in [-0.3, -0.25) is 4.98 Å². The Morgan fingerprint density at radius 2 is 2.31 bits per heavy atom. The molecule has 2 aromatic heterocycles. The molecule has 5 heteroatoms. The summed E-state index contributed by atoms with van der Waals surface area (Å²) < 4.78 is 4.88. The number of halogens is 1. The zero-order valence-corrected chi connectivity index (χ0v) is 7.62. The lowest BCUT2D eigenvalue weighted by atomic mass is 10.2. The Bertz CT molecular complexity index is 427. The van der Waals surface area contributed by atoms with Crippen LogP contribution in [0.1, 0.15) is 5.56 Å². The van der Waals surface area contributed by atoms with Crippen molar-refractivity contribution in [1.82, 2.24) is 15.1 Å². The van der Waals surface area contributed by atoms with Crippen LogP contribution < -0.4 is 0 Å². The summed E-state index contributed by atoms with van der Waals surface area (Å²) in [4.78, 5) is 7.97. The molecule has 0 N–H and O–H groups in total. The first kappa shape index (κ1) is 8.19. The summed E-state index contributed by atoms with van der Waals surface area (Å²) in [6.07, 6.45) is 1.67. The van der Waals surface area contributed by atoms with Gasteiger partial charge in [0.1, 0.15) is 5.69 Å². The molecular formula is C8H6ClN3O. The van der Waals surface area contributed by atoms with Gasteiger partial charge in [0, 0.05) is 6.20 Å². The van der Waals surface area contributed by atoms with E-state index in [9.17, 15) is 0 Å². The molecule has 0 atom stereocenters.